The first-order valence-corrected chi connectivity index (χ1v) is 11.3. The van der Waals surface area contributed by atoms with E-state index in [1.54, 1.807) is 4.90 Å². The van der Waals surface area contributed by atoms with Gasteiger partial charge in [-0.25, -0.2) is 8.78 Å². The van der Waals surface area contributed by atoms with E-state index in [0.29, 0.717) is 5.69 Å². The Morgan fingerprint density at radius 2 is 1.66 bits per heavy atom. The molecule has 170 valence electrons. The topological polar surface area (TPSA) is 75.4 Å². The second kappa shape index (κ2) is 9.77. The molecule has 0 bridgehead atoms. The maximum Gasteiger partial charge on any atom is 0.254 e. The van der Waals surface area contributed by atoms with Crippen LogP contribution in [0.15, 0.2) is 42.5 Å². The lowest BCUT2D eigenvalue weighted by Crippen LogP contribution is -2.44. The van der Waals surface area contributed by atoms with E-state index >= 15 is 0 Å². The Bertz CT molecular complexity index is 965. The Labute approximate surface area is 187 Å². The minimum Gasteiger partial charge on any atom is -0.331 e. The van der Waals surface area contributed by atoms with Crippen molar-refractivity contribution in [3.8, 4) is 0 Å². The zero-order valence-electron chi connectivity index (χ0n) is 18.0. The highest BCUT2D eigenvalue weighted by Crippen LogP contribution is 2.29. The van der Waals surface area contributed by atoms with E-state index in [4.69, 9.17) is 5.73 Å². The van der Waals surface area contributed by atoms with Crippen LogP contribution in [0, 0.1) is 17.6 Å². The van der Waals surface area contributed by atoms with Crippen molar-refractivity contribution in [2.45, 2.75) is 63.6 Å². The van der Waals surface area contributed by atoms with Crippen molar-refractivity contribution in [1.29, 1.82) is 0 Å². The zero-order chi connectivity index (χ0) is 22.7. The van der Waals surface area contributed by atoms with Gasteiger partial charge in [0.15, 0.2) is 0 Å². The third kappa shape index (κ3) is 5.33. The molecule has 2 fully saturated rings. The van der Waals surface area contributed by atoms with Gasteiger partial charge in [0.2, 0.25) is 5.91 Å². The van der Waals surface area contributed by atoms with Gasteiger partial charge in [-0.1, -0.05) is 18.6 Å². The molecule has 2 aromatic carbocycles. The third-order valence-electron chi connectivity index (χ3n) is 6.58. The van der Waals surface area contributed by atoms with Gasteiger partial charge in [0.05, 0.1) is 0 Å². The van der Waals surface area contributed by atoms with Crippen LogP contribution < -0.4 is 11.1 Å². The molecule has 2 amide bonds. The molecule has 5 nitrogen and oxygen atoms in total. The van der Waals surface area contributed by atoms with E-state index in [2.05, 4.69) is 5.32 Å². The number of halogens is 2. The summed E-state index contributed by atoms with van der Waals surface area (Å²) in [5, 5.41) is 2.96. The molecule has 3 N–H and O–H groups in total. The fourth-order valence-corrected chi connectivity index (χ4v) is 4.48. The summed E-state index contributed by atoms with van der Waals surface area (Å²) in [4.78, 5) is 27.3. The lowest BCUT2D eigenvalue weighted by Gasteiger charge is -2.36. The minimum atomic E-state index is -0.778. The van der Waals surface area contributed by atoms with Crippen molar-refractivity contribution in [3.63, 3.8) is 0 Å². The van der Waals surface area contributed by atoms with Crippen LogP contribution in [0.1, 0.15) is 60.9 Å². The molecule has 4 rings (SSSR count). The van der Waals surface area contributed by atoms with Crippen LogP contribution in [0.4, 0.5) is 14.5 Å². The summed E-state index contributed by atoms with van der Waals surface area (Å²) in [6.07, 6.45) is 5.99. The average molecular weight is 442 g/mol. The molecule has 0 radical (unpaired) electrons. The number of carbonyl (C=O) groups excluding carboxylic acids is 2. The first kappa shape index (κ1) is 22.4. The summed E-state index contributed by atoms with van der Waals surface area (Å²) < 4.78 is 27.6. The molecule has 0 aromatic heterocycles. The fourth-order valence-electron chi connectivity index (χ4n) is 4.48. The van der Waals surface area contributed by atoms with E-state index in [1.165, 1.54) is 0 Å². The highest BCUT2D eigenvalue weighted by atomic mass is 19.1. The van der Waals surface area contributed by atoms with Crippen molar-refractivity contribution in [2.24, 2.45) is 11.7 Å². The number of nitrogens with zero attached hydrogens (tertiary/aromatic N) is 1. The van der Waals surface area contributed by atoms with Crippen LogP contribution in [-0.2, 0) is 11.3 Å². The van der Waals surface area contributed by atoms with Gasteiger partial charge >= 0.3 is 0 Å². The molecule has 0 heterocycles. The molecule has 0 atom stereocenters. The van der Waals surface area contributed by atoms with E-state index in [1.807, 2.05) is 24.3 Å². The van der Waals surface area contributed by atoms with Gasteiger partial charge in [0.1, 0.15) is 11.6 Å². The van der Waals surface area contributed by atoms with Crippen LogP contribution in [0.3, 0.4) is 0 Å². The molecule has 2 saturated carbocycles. The van der Waals surface area contributed by atoms with Crippen LogP contribution in [0.5, 0.6) is 0 Å². The molecule has 0 aliphatic heterocycles. The van der Waals surface area contributed by atoms with Crippen molar-refractivity contribution in [2.75, 3.05) is 5.32 Å². The Hall–Kier alpha value is -2.80. The van der Waals surface area contributed by atoms with Crippen LogP contribution in [-0.4, -0.2) is 28.8 Å². The molecular weight excluding hydrogens is 412 g/mol. The normalized spacial score (nSPS) is 21.0. The smallest absolute Gasteiger partial charge is 0.254 e. The lowest BCUT2D eigenvalue weighted by atomic mass is 9.85. The van der Waals surface area contributed by atoms with Gasteiger partial charge in [-0.05, 0) is 68.4 Å². The molecule has 0 spiro atoms. The first-order valence-electron chi connectivity index (χ1n) is 11.3. The molecular formula is C25H29F2N3O2. The van der Waals surface area contributed by atoms with E-state index in [0.717, 1.165) is 68.7 Å². The van der Waals surface area contributed by atoms with E-state index in [-0.39, 0.29) is 36.0 Å². The average Bonchev–Trinajstić information content (AvgIpc) is 2.70. The fraction of sp³-hybridized carbons (Fsp3) is 0.440. The largest absolute Gasteiger partial charge is 0.331 e. The number of amides is 2. The predicted molar refractivity (Wildman–Crippen MR) is 119 cm³/mol. The maximum atomic E-state index is 13.8. The maximum absolute atomic E-state index is 13.8. The van der Waals surface area contributed by atoms with Crippen LogP contribution in [0.25, 0.3) is 0 Å². The minimum absolute atomic E-state index is 0.00758. The van der Waals surface area contributed by atoms with Gasteiger partial charge in [0, 0.05) is 41.9 Å². The number of nitrogens with two attached hydrogens (primary N) is 1. The van der Waals surface area contributed by atoms with E-state index < -0.39 is 17.5 Å². The Morgan fingerprint density at radius 3 is 2.28 bits per heavy atom. The molecule has 0 unspecified atom stereocenters. The third-order valence-corrected chi connectivity index (χ3v) is 6.58. The van der Waals surface area contributed by atoms with Crippen molar-refractivity contribution < 1.29 is 18.4 Å². The van der Waals surface area contributed by atoms with Crippen molar-refractivity contribution in [1.82, 2.24) is 4.90 Å². The summed E-state index contributed by atoms with van der Waals surface area (Å²) >= 11 is 0. The highest BCUT2D eigenvalue weighted by Gasteiger charge is 2.29. The monoisotopic (exact) mass is 441 g/mol. The van der Waals surface area contributed by atoms with Gasteiger partial charge < -0.3 is 16.0 Å². The summed E-state index contributed by atoms with van der Waals surface area (Å²) in [7, 11) is 0. The van der Waals surface area contributed by atoms with E-state index in [9.17, 15) is 18.4 Å². The SMILES string of the molecule is NC1CCC(N(Cc2cccc(NC(=O)C3CCC3)c2)C(=O)c2cc(F)cc(F)c2)CC1. The molecule has 32 heavy (non-hydrogen) atoms. The molecule has 7 heteroatoms. The predicted octanol–water partition coefficient (Wildman–Crippen LogP) is 4.62. The Balaban J connectivity index is 1.55. The van der Waals surface area contributed by atoms with Crippen LogP contribution >= 0.6 is 0 Å². The number of anilines is 1. The Kier molecular flexibility index (Phi) is 6.84. The van der Waals surface area contributed by atoms with Gasteiger partial charge in [-0.2, -0.15) is 0 Å². The number of hydrogen-bond donors (Lipinski definition) is 2. The first-order chi connectivity index (χ1) is 15.4. The second-order valence-corrected chi connectivity index (χ2v) is 8.98. The number of carbonyl (C=O) groups is 2. The highest BCUT2D eigenvalue weighted by molar-refractivity contribution is 5.95. The summed E-state index contributed by atoms with van der Waals surface area (Å²) in [6.45, 7) is 0.282. The Morgan fingerprint density at radius 1 is 0.969 bits per heavy atom. The summed E-state index contributed by atoms with van der Waals surface area (Å²) in [5.41, 5.74) is 7.57. The molecule has 2 aromatic rings. The van der Waals surface area contributed by atoms with Crippen molar-refractivity contribution in [3.05, 3.63) is 65.2 Å². The number of rotatable bonds is 6. The van der Waals surface area contributed by atoms with Crippen LogP contribution in [0.2, 0.25) is 0 Å². The standard InChI is InChI=1S/C25H29F2N3O2/c26-19-12-18(13-20(27)14-19)25(32)30(23-9-7-21(28)8-10-23)15-16-3-1-6-22(11-16)29-24(31)17-4-2-5-17/h1,3,6,11-14,17,21,23H,2,4-5,7-10,15,28H2,(H,29,31). The zero-order valence-corrected chi connectivity index (χ0v) is 18.0. The molecule has 0 saturated heterocycles. The molecule has 2 aliphatic rings. The number of benzene rings is 2. The van der Waals surface area contributed by atoms with Gasteiger partial charge in [-0.3, -0.25) is 9.59 Å². The number of nitrogens with one attached hydrogen (secondary N) is 1. The quantitative estimate of drug-likeness (QED) is 0.687. The van der Waals surface area contributed by atoms with Crippen molar-refractivity contribution >= 4 is 17.5 Å². The van der Waals surface area contributed by atoms with Gasteiger partial charge in [0.25, 0.3) is 5.91 Å². The molecule has 2 aliphatic carbocycles. The summed E-state index contributed by atoms with van der Waals surface area (Å²) in [6, 6.07) is 10.4. The summed E-state index contributed by atoms with van der Waals surface area (Å²) in [5.74, 6) is -1.86. The number of hydrogen-bond acceptors (Lipinski definition) is 3. The second-order valence-electron chi connectivity index (χ2n) is 8.98. The lowest BCUT2D eigenvalue weighted by molar-refractivity contribution is -0.122. The van der Waals surface area contributed by atoms with Gasteiger partial charge in [-0.15, -0.1) is 0 Å².